The molecule has 0 radical (unpaired) electrons. The molecule has 4 rings (SSSR count). The molecule has 2 atom stereocenters. The number of carbonyl (C=O) groups is 2. The SMILES string of the molecule is CC[C@@H]1C[C@H](N(Cc2cc(C(F)(F)F)cc(C(F)(F)F)c2)c2ncc(N(C)CCOC)cn2)c2cc(C)ccc2N1C(=O)OCCC(=O)O. The third kappa shape index (κ3) is 9.10. The van der Waals surface area contributed by atoms with Gasteiger partial charge in [-0.05, 0) is 55.2 Å². The normalized spacial score (nSPS) is 16.2. The van der Waals surface area contributed by atoms with E-state index in [2.05, 4.69) is 9.97 Å². The molecule has 2 heterocycles. The van der Waals surface area contributed by atoms with E-state index in [9.17, 15) is 35.9 Å². The van der Waals surface area contributed by atoms with Gasteiger partial charge >= 0.3 is 24.4 Å². The van der Waals surface area contributed by atoms with Gasteiger partial charge in [-0.25, -0.2) is 14.8 Å². The highest BCUT2D eigenvalue weighted by molar-refractivity contribution is 5.90. The lowest BCUT2D eigenvalue weighted by Crippen LogP contribution is -2.48. The zero-order valence-electron chi connectivity index (χ0n) is 27.3. The summed E-state index contributed by atoms with van der Waals surface area (Å²) in [6, 6.07) is 5.37. The van der Waals surface area contributed by atoms with Crippen molar-refractivity contribution in [2.24, 2.45) is 0 Å². The van der Waals surface area contributed by atoms with Crippen LogP contribution in [0.25, 0.3) is 0 Å². The summed E-state index contributed by atoms with van der Waals surface area (Å²) in [6.07, 6.45) is -7.72. The van der Waals surface area contributed by atoms with Crippen molar-refractivity contribution >= 4 is 29.4 Å². The van der Waals surface area contributed by atoms with Crippen LogP contribution in [0.1, 0.15) is 60.0 Å². The van der Waals surface area contributed by atoms with Crippen molar-refractivity contribution < 1.29 is 50.5 Å². The van der Waals surface area contributed by atoms with Gasteiger partial charge in [0.1, 0.15) is 6.61 Å². The fourth-order valence-electron chi connectivity index (χ4n) is 5.68. The zero-order valence-corrected chi connectivity index (χ0v) is 27.3. The average molecular weight is 698 g/mol. The monoisotopic (exact) mass is 697 g/mol. The molecule has 0 bridgehead atoms. The Hall–Kier alpha value is -4.60. The Kier molecular flexibility index (Phi) is 11.6. The van der Waals surface area contributed by atoms with E-state index < -0.39 is 60.6 Å². The Morgan fingerprint density at radius 3 is 2.18 bits per heavy atom. The minimum atomic E-state index is -5.05. The van der Waals surface area contributed by atoms with Gasteiger partial charge in [-0.3, -0.25) is 9.69 Å². The van der Waals surface area contributed by atoms with Gasteiger partial charge in [0.05, 0.1) is 54.0 Å². The first-order valence-corrected chi connectivity index (χ1v) is 15.4. The predicted octanol–water partition coefficient (Wildman–Crippen LogP) is 7.25. The molecule has 0 fully saturated rings. The highest BCUT2D eigenvalue weighted by Gasteiger charge is 2.41. The van der Waals surface area contributed by atoms with Gasteiger partial charge in [-0.2, -0.15) is 26.3 Å². The van der Waals surface area contributed by atoms with Gasteiger partial charge in [0.15, 0.2) is 0 Å². The maximum Gasteiger partial charge on any atom is 0.416 e. The van der Waals surface area contributed by atoms with Gasteiger partial charge in [0.25, 0.3) is 0 Å². The fraction of sp³-hybridized carbons (Fsp3) is 0.455. The molecule has 1 aliphatic rings. The number of carboxylic acids is 1. The highest BCUT2D eigenvalue weighted by Crippen LogP contribution is 2.44. The number of rotatable bonds is 12. The van der Waals surface area contributed by atoms with E-state index in [1.165, 1.54) is 17.3 Å². The number of amides is 1. The van der Waals surface area contributed by atoms with Crippen molar-refractivity contribution in [3.05, 3.63) is 76.6 Å². The van der Waals surface area contributed by atoms with E-state index in [-0.39, 0.29) is 30.6 Å². The maximum absolute atomic E-state index is 13.8. The summed E-state index contributed by atoms with van der Waals surface area (Å²) in [6.45, 7) is 3.71. The summed E-state index contributed by atoms with van der Waals surface area (Å²) in [7, 11) is 3.33. The second-order valence-electron chi connectivity index (χ2n) is 11.7. The van der Waals surface area contributed by atoms with Crippen LogP contribution in [0, 0.1) is 6.92 Å². The predicted molar refractivity (Wildman–Crippen MR) is 169 cm³/mol. The molecule has 1 aliphatic heterocycles. The topological polar surface area (TPSA) is 108 Å². The van der Waals surface area contributed by atoms with E-state index in [0.717, 1.165) is 5.56 Å². The molecule has 0 unspecified atom stereocenters. The maximum atomic E-state index is 13.8. The van der Waals surface area contributed by atoms with Gasteiger partial charge in [-0.15, -0.1) is 0 Å². The van der Waals surface area contributed by atoms with Crippen molar-refractivity contribution in [3.8, 4) is 0 Å². The van der Waals surface area contributed by atoms with Crippen LogP contribution in [0.3, 0.4) is 0 Å². The highest BCUT2D eigenvalue weighted by atomic mass is 19.4. The lowest BCUT2D eigenvalue weighted by atomic mass is 9.87. The summed E-state index contributed by atoms with van der Waals surface area (Å²) in [5, 5.41) is 9.00. The molecular formula is C33H37F6N5O5. The zero-order chi connectivity index (χ0) is 36.1. The van der Waals surface area contributed by atoms with Gasteiger partial charge in [-0.1, -0.05) is 24.6 Å². The smallest absolute Gasteiger partial charge is 0.416 e. The number of aromatic nitrogens is 2. The summed E-state index contributed by atoms with van der Waals surface area (Å²) in [5.41, 5.74) is -0.870. The summed E-state index contributed by atoms with van der Waals surface area (Å²) in [5.74, 6) is -1.11. The number of hydrogen-bond donors (Lipinski definition) is 1. The Morgan fingerprint density at radius 2 is 1.63 bits per heavy atom. The molecule has 3 aromatic rings. The third-order valence-electron chi connectivity index (χ3n) is 8.20. The number of aryl methyl sites for hydroxylation is 1. The molecule has 0 saturated carbocycles. The van der Waals surface area contributed by atoms with Crippen LogP contribution in [-0.4, -0.2) is 67.1 Å². The van der Waals surface area contributed by atoms with Crippen LogP contribution >= 0.6 is 0 Å². The standard InChI is InChI=1S/C33H37F6N5O5/c1-5-24-16-28(26-12-20(2)6-7-27(26)44(24)31(47)49-10-8-29(45)46)43(30-40-17-25(18-41-30)42(3)9-11-48-4)19-21-13-22(32(34,35)36)15-23(14-21)33(37,38)39/h6-7,12-15,17-18,24,28H,5,8-11,16,19H2,1-4H3,(H,45,46)/t24-,28+/m1/s1. The minimum Gasteiger partial charge on any atom is -0.481 e. The number of halogens is 6. The number of fused-ring (bicyclic) bond motifs is 1. The van der Waals surface area contributed by atoms with E-state index in [4.69, 9.17) is 14.6 Å². The van der Waals surface area contributed by atoms with Crippen LogP contribution in [0.15, 0.2) is 48.8 Å². The lowest BCUT2D eigenvalue weighted by Gasteiger charge is -2.44. The summed E-state index contributed by atoms with van der Waals surface area (Å²) < 4.78 is 93.5. The van der Waals surface area contributed by atoms with Gasteiger partial charge in [0.2, 0.25) is 5.95 Å². The second-order valence-corrected chi connectivity index (χ2v) is 11.7. The van der Waals surface area contributed by atoms with E-state index in [0.29, 0.717) is 48.6 Å². The number of alkyl halides is 6. The Labute approximate surface area is 279 Å². The fourth-order valence-corrected chi connectivity index (χ4v) is 5.68. The largest absolute Gasteiger partial charge is 0.481 e. The lowest BCUT2D eigenvalue weighted by molar-refractivity contribution is -0.143. The Balaban J connectivity index is 1.86. The molecule has 1 aromatic heterocycles. The Bertz CT molecular complexity index is 1590. The molecule has 49 heavy (non-hydrogen) atoms. The molecule has 10 nitrogen and oxygen atoms in total. The number of methoxy groups -OCH3 is 1. The minimum absolute atomic E-state index is 0.0413. The first-order valence-electron chi connectivity index (χ1n) is 15.4. The van der Waals surface area contributed by atoms with E-state index >= 15 is 0 Å². The third-order valence-corrected chi connectivity index (χ3v) is 8.20. The molecule has 266 valence electrons. The molecular weight excluding hydrogens is 660 g/mol. The number of benzene rings is 2. The number of nitrogens with zero attached hydrogens (tertiary/aromatic N) is 5. The Morgan fingerprint density at radius 1 is 1.00 bits per heavy atom. The van der Waals surface area contributed by atoms with Crippen molar-refractivity contribution in [1.29, 1.82) is 0 Å². The molecule has 0 spiro atoms. The number of ether oxygens (including phenoxy) is 2. The molecule has 0 saturated heterocycles. The number of aliphatic carboxylic acids is 1. The van der Waals surface area contributed by atoms with Crippen molar-refractivity contribution in [3.63, 3.8) is 0 Å². The molecule has 2 aromatic carbocycles. The first kappa shape index (κ1) is 37.2. The molecule has 0 aliphatic carbocycles. The number of carboxylic acid groups (broad SMARTS) is 1. The first-order chi connectivity index (χ1) is 23.0. The summed E-state index contributed by atoms with van der Waals surface area (Å²) >= 11 is 0. The van der Waals surface area contributed by atoms with Crippen LogP contribution in [-0.2, 0) is 33.2 Å². The molecule has 16 heteroatoms. The van der Waals surface area contributed by atoms with Crippen molar-refractivity contribution in [2.75, 3.05) is 48.6 Å². The molecule has 1 amide bonds. The molecule has 1 N–H and O–H groups in total. The van der Waals surface area contributed by atoms with Crippen LogP contribution < -0.4 is 14.7 Å². The van der Waals surface area contributed by atoms with Crippen molar-refractivity contribution in [2.45, 2.75) is 64.1 Å². The summed E-state index contributed by atoms with van der Waals surface area (Å²) in [4.78, 5) is 38.1. The van der Waals surface area contributed by atoms with E-state index in [1.54, 1.807) is 44.2 Å². The number of hydrogen-bond acceptors (Lipinski definition) is 8. The number of carbonyl (C=O) groups excluding carboxylic acids is 1. The average Bonchev–Trinajstić information content (AvgIpc) is 3.04. The quantitative estimate of drug-likeness (QED) is 0.196. The van der Waals surface area contributed by atoms with Crippen LogP contribution in [0.4, 0.5) is 48.5 Å². The number of likely N-dealkylation sites (N-methyl/N-ethyl adjacent to an activating group) is 1. The second kappa shape index (κ2) is 15.3. The van der Waals surface area contributed by atoms with Crippen LogP contribution in [0.2, 0.25) is 0 Å². The van der Waals surface area contributed by atoms with E-state index in [1.807, 2.05) is 11.8 Å². The van der Waals surface area contributed by atoms with Crippen molar-refractivity contribution in [1.82, 2.24) is 9.97 Å². The number of anilines is 3. The van der Waals surface area contributed by atoms with Gasteiger partial charge in [0, 0.05) is 33.3 Å². The van der Waals surface area contributed by atoms with Crippen LogP contribution in [0.5, 0.6) is 0 Å². The van der Waals surface area contributed by atoms with Gasteiger partial charge < -0.3 is 24.4 Å².